The van der Waals surface area contributed by atoms with Crippen molar-refractivity contribution in [2.45, 2.75) is 45.4 Å². The smallest absolute Gasteiger partial charge is 0.191 e. The van der Waals surface area contributed by atoms with Crippen LogP contribution in [0.3, 0.4) is 0 Å². The van der Waals surface area contributed by atoms with Crippen molar-refractivity contribution in [1.82, 2.24) is 10.6 Å². The number of rotatable bonds is 9. The second-order valence-corrected chi connectivity index (χ2v) is 6.37. The Labute approximate surface area is 151 Å². The van der Waals surface area contributed by atoms with Crippen LogP contribution < -0.4 is 15.4 Å². The third-order valence-electron chi connectivity index (χ3n) is 3.83. The maximum Gasteiger partial charge on any atom is 0.191 e. The molecule has 0 bridgehead atoms. The maximum absolute atomic E-state index is 5.75. The lowest BCUT2D eigenvalue weighted by atomic mass is 10.2. The van der Waals surface area contributed by atoms with E-state index in [9.17, 15) is 0 Å². The quantitative estimate of drug-likeness (QED) is 0.407. The number of aliphatic imine (C=N–C) groups is 1. The summed E-state index contributed by atoms with van der Waals surface area (Å²) in [5.41, 5.74) is 1.18. The summed E-state index contributed by atoms with van der Waals surface area (Å²) in [5, 5.41) is 6.62. The van der Waals surface area contributed by atoms with E-state index >= 15 is 0 Å². The Bertz CT molecular complexity index is 511. The Kier molecular flexibility index (Phi) is 8.55. The van der Waals surface area contributed by atoms with Crippen molar-refractivity contribution < 1.29 is 14.2 Å². The van der Waals surface area contributed by atoms with Gasteiger partial charge in [-0.2, -0.15) is 0 Å². The molecule has 0 saturated carbocycles. The van der Waals surface area contributed by atoms with Gasteiger partial charge in [-0.1, -0.05) is 12.1 Å². The highest BCUT2D eigenvalue weighted by Crippen LogP contribution is 2.13. The fourth-order valence-electron chi connectivity index (χ4n) is 2.54. The standard InChI is InChI=1S/C19H31N3O3/c1-15(2)25-17-7-5-16(6-8-17)13-22-19(20-3)21-10-4-11-24-18-9-12-23-14-18/h5-8,15,18H,4,9-14H2,1-3H3,(H2,20,21,22). The molecule has 1 aliphatic rings. The van der Waals surface area contributed by atoms with E-state index in [1.165, 1.54) is 5.56 Å². The maximum atomic E-state index is 5.75. The third kappa shape index (κ3) is 7.75. The van der Waals surface area contributed by atoms with Crippen LogP contribution in [-0.4, -0.2) is 51.6 Å². The highest BCUT2D eigenvalue weighted by atomic mass is 16.5. The fourth-order valence-corrected chi connectivity index (χ4v) is 2.54. The first-order valence-electron chi connectivity index (χ1n) is 9.07. The summed E-state index contributed by atoms with van der Waals surface area (Å²) in [6.07, 6.45) is 2.42. The van der Waals surface area contributed by atoms with Gasteiger partial charge in [0.25, 0.3) is 0 Å². The van der Waals surface area contributed by atoms with Crippen molar-refractivity contribution in [2.75, 3.05) is 33.4 Å². The summed E-state index contributed by atoms with van der Waals surface area (Å²) < 4.78 is 16.7. The first kappa shape index (κ1) is 19.5. The lowest BCUT2D eigenvalue weighted by Gasteiger charge is -2.14. The van der Waals surface area contributed by atoms with E-state index in [1.54, 1.807) is 7.05 Å². The molecule has 0 aliphatic carbocycles. The van der Waals surface area contributed by atoms with Crippen LogP contribution in [0.2, 0.25) is 0 Å². The monoisotopic (exact) mass is 349 g/mol. The lowest BCUT2D eigenvalue weighted by Crippen LogP contribution is -2.37. The fraction of sp³-hybridized carbons (Fsp3) is 0.632. The topological polar surface area (TPSA) is 64.1 Å². The molecule has 6 heteroatoms. The van der Waals surface area contributed by atoms with Crippen LogP contribution in [0.4, 0.5) is 0 Å². The average molecular weight is 349 g/mol. The molecule has 140 valence electrons. The minimum absolute atomic E-state index is 0.192. The first-order chi connectivity index (χ1) is 12.2. The van der Waals surface area contributed by atoms with Crippen LogP contribution in [0.25, 0.3) is 0 Å². The Morgan fingerprint density at radius 3 is 2.72 bits per heavy atom. The van der Waals surface area contributed by atoms with Crippen LogP contribution in [0.1, 0.15) is 32.3 Å². The van der Waals surface area contributed by atoms with Crippen LogP contribution in [0.5, 0.6) is 5.75 Å². The molecule has 2 N–H and O–H groups in total. The molecular weight excluding hydrogens is 318 g/mol. The molecule has 0 spiro atoms. The molecule has 0 radical (unpaired) electrons. The molecule has 25 heavy (non-hydrogen) atoms. The number of guanidine groups is 1. The van der Waals surface area contributed by atoms with Crippen molar-refractivity contribution >= 4 is 5.96 Å². The predicted molar refractivity (Wildman–Crippen MR) is 100 cm³/mol. The van der Waals surface area contributed by atoms with Crippen molar-refractivity contribution in [3.63, 3.8) is 0 Å². The Balaban J connectivity index is 1.60. The number of benzene rings is 1. The van der Waals surface area contributed by atoms with E-state index in [4.69, 9.17) is 14.2 Å². The average Bonchev–Trinajstić information content (AvgIpc) is 3.11. The number of hydrogen-bond donors (Lipinski definition) is 2. The van der Waals surface area contributed by atoms with Gasteiger partial charge in [0, 0.05) is 33.4 Å². The molecule has 1 atom stereocenters. The van der Waals surface area contributed by atoms with Crippen LogP contribution in [-0.2, 0) is 16.0 Å². The van der Waals surface area contributed by atoms with Gasteiger partial charge < -0.3 is 24.8 Å². The molecule has 1 heterocycles. The van der Waals surface area contributed by atoms with Crippen LogP contribution >= 0.6 is 0 Å². The van der Waals surface area contributed by atoms with Crippen LogP contribution in [0, 0.1) is 0 Å². The van der Waals surface area contributed by atoms with Gasteiger partial charge in [0.15, 0.2) is 5.96 Å². The lowest BCUT2D eigenvalue weighted by molar-refractivity contribution is 0.0420. The van der Waals surface area contributed by atoms with E-state index in [1.807, 2.05) is 26.0 Å². The molecular formula is C19H31N3O3. The van der Waals surface area contributed by atoms with Gasteiger partial charge in [0.05, 0.1) is 18.8 Å². The van der Waals surface area contributed by atoms with E-state index in [0.29, 0.717) is 0 Å². The minimum atomic E-state index is 0.192. The predicted octanol–water partition coefficient (Wildman–Crippen LogP) is 2.33. The normalized spacial score (nSPS) is 17.8. The number of nitrogens with zero attached hydrogens (tertiary/aromatic N) is 1. The van der Waals surface area contributed by atoms with Gasteiger partial charge in [-0.3, -0.25) is 4.99 Å². The van der Waals surface area contributed by atoms with Gasteiger partial charge >= 0.3 is 0 Å². The summed E-state index contributed by atoms with van der Waals surface area (Å²) in [6, 6.07) is 8.12. The highest BCUT2D eigenvalue weighted by Gasteiger charge is 2.15. The van der Waals surface area contributed by atoms with Crippen molar-refractivity contribution in [3.8, 4) is 5.75 Å². The molecule has 0 amide bonds. The number of ether oxygens (including phenoxy) is 3. The molecule has 0 aromatic heterocycles. The van der Waals surface area contributed by atoms with E-state index < -0.39 is 0 Å². The van der Waals surface area contributed by atoms with Gasteiger partial charge in [-0.15, -0.1) is 0 Å². The summed E-state index contributed by atoms with van der Waals surface area (Å²) in [7, 11) is 1.78. The molecule has 2 rings (SSSR count). The third-order valence-corrected chi connectivity index (χ3v) is 3.83. The zero-order chi connectivity index (χ0) is 17.9. The van der Waals surface area contributed by atoms with Gasteiger partial charge in [-0.25, -0.2) is 0 Å². The Hall–Kier alpha value is -1.79. The molecule has 1 aromatic carbocycles. The molecule has 1 unspecified atom stereocenters. The van der Waals surface area contributed by atoms with Gasteiger partial charge in [-0.05, 0) is 44.4 Å². The van der Waals surface area contributed by atoms with Gasteiger partial charge in [0.1, 0.15) is 5.75 Å². The Morgan fingerprint density at radius 2 is 2.08 bits per heavy atom. The summed E-state index contributed by atoms with van der Waals surface area (Å²) >= 11 is 0. The molecule has 1 fully saturated rings. The molecule has 1 aromatic rings. The molecule has 1 saturated heterocycles. The minimum Gasteiger partial charge on any atom is -0.491 e. The first-order valence-corrected chi connectivity index (χ1v) is 9.07. The largest absolute Gasteiger partial charge is 0.491 e. The second kappa shape index (κ2) is 10.9. The highest BCUT2D eigenvalue weighted by molar-refractivity contribution is 5.79. The second-order valence-electron chi connectivity index (χ2n) is 6.37. The van der Waals surface area contributed by atoms with E-state index in [2.05, 4.69) is 27.8 Å². The summed E-state index contributed by atoms with van der Waals surface area (Å²) in [4.78, 5) is 4.24. The molecule has 6 nitrogen and oxygen atoms in total. The van der Waals surface area contributed by atoms with Crippen molar-refractivity contribution in [2.24, 2.45) is 4.99 Å². The van der Waals surface area contributed by atoms with E-state index in [-0.39, 0.29) is 12.2 Å². The van der Waals surface area contributed by atoms with Crippen LogP contribution in [0.15, 0.2) is 29.3 Å². The molecule has 1 aliphatic heterocycles. The van der Waals surface area contributed by atoms with Gasteiger partial charge in [0.2, 0.25) is 0 Å². The number of nitrogens with one attached hydrogen (secondary N) is 2. The SMILES string of the molecule is CN=C(NCCCOC1CCOC1)NCc1ccc(OC(C)C)cc1. The zero-order valence-electron chi connectivity index (χ0n) is 15.6. The van der Waals surface area contributed by atoms with E-state index in [0.717, 1.165) is 57.5 Å². The summed E-state index contributed by atoms with van der Waals surface area (Å²) in [6.45, 7) is 7.90. The van der Waals surface area contributed by atoms with Crippen molar-refractivity contribution in [1.29, 1.82) is 0 Å². The Morgan fingerprint density at radius 1 is 1.28 bits per heavy atom. The van der Waals surface area contributed by atoms with Crippen molar-refractivity contribution in [3.05, 3.63) is 29.8 Å². The number of hydrogen-bond acceptors (Lipinski definition) is 4. The summed E-state index contributed by atoms with van der Waals surface area (Å²) in [5.74, 6) is 1.70. The zero-order valence-corrected chi connectivity index (χ0v) is 15.6.